The summed E-state index contributed by atoms with van der Waals surface area (Å²) in [5.41, 5.74) is -3.03. The molecule has 0 saturated carbocycles. The first-order valence-electron chi connectivity index (χ1n) is 4.73. The van der Waals surface area contributed by atoms with Gasteiger partial charge in [0, 0.05) is 11.6 Å². The third kappa shape index (κ3) is 2.25. The Balaban J connectivity index is 2.81. The Bertz CT molecular complexity index is 584. The second-order valence-electron chi connectivity index (χ2n) is 3.59. The van der Waals surface area contributed by atoms with E-state index in [4.69, 9.17) is 0 Å². The number of pyridine rings is 1. The summed E-state index contributed by atoms with van der Waals surface area (Å²) in [6.45, 7) is 0. The first-order valence-corrected chi connectivity index (χ1v) is 4.73. The van der Waals surface area contributed by atoms with Crippen LogP contribution in [-0.2, 0) is 12.4 Å². The Morgan fingerprint density at radius 1 is 0.889 bits per heavy atom. The van der Waals surface area contributed by atoms with Gasteiger partial charge in [0.25, 0.3) is 0 Å². The predicted octanol–water partition coefficient (Wildman–Crippen LogP) is 4.27. The zero-order chi connectivity index (χ0) is 13.6. The van der Waals surface area contributed by atoms with Crippen molar-refractivity contribution in [3.63, 3.8) is 0 Å². The van der Waals surface area contributed by atoms with Crippen LogP contribution in [-0.4, -0.2) is 4.98 Å². The van der Waals surface area contributed by atoms with E-state index in [1.54, 1.807) is 0 Å². The lowest BCUT2D eigenvalue weighted by Gasteiger charge is -2.14. The van der Waals surface area contributed by atoms with Crippen LogP contribution >= 0.6 is 0 Å². The maximum atomic E-state index is 12.7. The highest BCUT2D eigenvalue weighted by Crippen LogP contribution is 2.39. The van der Waals surface area contributed by atoms with Crippen molar-refractivity contribution in [1.29, 1.82) is 0 Å². The normalized spacial score (nSPS) is 13.0. The van der Waals surface area contributed by atoms with Gasteiger partial charge in [-0.3, -0.25) is 4.98 Å². The van der Waals surface area contributed by atoms with Gasteiger partial charge in [0.05, 0.1) is 16.6 Å². The molecule has 0 aliphatic rings. The number of halogens is 6. The summed E-state index contributed by atoms with van der Waals surface area (Å²) in [6.07, 6.45) is -8.56. The maximum absolute atomic E-state index is 12.7. The molecule has 0 fully saturated rings. The molecule has 1 nitrogen and oxygen atoms in total. The fourth-order valence-corrected chi connectivity index (χ4v) is 1.58. The molecule has 0 aliphatic carbocycles. The van der Waals surface area contributed by atoms with Gasteiger partial charge in [-0.2, -0.15) is 26.3 Å². The minimum Gasteiger partial charge on any atom is -0.256 e. The average molecular weight is 265 g/mol. The molecule has 2 rings (SSSR count). The van der Waals surface area contributed by atoms with Crippen molar-refractivity contribution in [1.82, 2.24) is 4.98 Å². The van der Waals surface area contributed by atoms with E-state index in [1.807, 2.05) is 0 Å². The van der Waals surface area contributed by atoms with E-state index in [2.05, 4.69) is 4.98 Å². The topological polar surface area (TPSA) is 12.9 Å². The van der Waals surface area contributed by atoms with Gasteiger partial charge in [-0.25, -0.2) is 0 Å². The van der Waals surface area contributed by atoms with Crippen LogP contribution in [0.4, 0.5) is 26.3 Å². The molecule has 0 amide bonds. The van der Waals surface area contributed by atoms with Crippen LogP contribution in [0.2, 0.25) is 0 Å². The molecule has 0 spiro atoms. The molecule has 0 radical (unpaired) electrons. The summed E-state index contributed by atoms with van der Waals surface area (Å²) in [5, 5.41) is -0.349. The van der Waals surface area contributed by atoms with Crippen LogP contribution in [0.25, 0.3) is 10.9 Å². The molecule has 1 aromatic heterocycles. The third-order valence-electron chi connectivity index (χ3n) is 2.35. The quantitative estimate of drug-likeness (QED) is 0.648. The number of fused-ring (bicyclic) bond motifs is 1. The molecule has 0 saturated heterocycles. The average Bonchev–Trinajstić information content (AvgIpc) is 2.25. The van der Waals surface area contributed by atoms with E-state index in [0.717, 1.165) is 12.3 Å². The molecule has 7 heteroatoms. The lowest BCUT2D eigenvalue weighted by Crippen LogP contribution is -2.11. The van der Waals surface area contributed by atoms with E-state index in [1.165, 1.54) is 6.07 Å². The van der Waals surface area contributed by atoms with Crippen LogP contribution in [0.5, 0.6) is 0 Å². The minimum atomic E-state index is -4.86. The highest BCUT2D eigenvalue weighted by Gasteiger charge is 2.38. The predicted molar refractivity (Wildman–Crippen MR) is 51.7 cm³/mol. The first kappa shape index (κ1) is 12.7. The van der Waals surface area contributed by atoms with Gasteiger partial charge in [0.15, 0.2) is 0 Å². The summed E-state index contributed by atoms with van der Waals surface area (Å²) in [6, 6.07) is 3.03. The number of nitrogens with zero attached hydrogens (tertiary/aromatic N) is 1. The number of benzene rings is 1. The van der Waals surface area contributed by atoms with Crippen molar-refractivity contribution < 1.29 is 26.3 Å². The Kier molecular flexibility index (Phi) is 2.71. The fourth-order valence-electron chi connectivity index (χ4n) is 1.58. The van der Waals surface area contributed by atoms with Crippen molar-refractivity contribution in [2.75, 3.05) is 0 Å². The Morgan fingerprint density at radius 3 is 2.11 bits per heavy atom. The van der Waals surface area contributed by atoms with Gasteiger partial charge in [0.1, 0.15) is 0 Å². The second kappa shape index (κ2) is 3.86. The van der Waals surface area contributed by atoms with Crippen LogP contribution in [0.1, 0.15) is 11.1 Å². The largest absolute Gasteiger partial charge is 0.417 e. The second-order valence-corrected chi connectivity index (χ2v) is 3.59. The van der Waals surface area contributed by atoms with E-state index in [9.17, 15) is 26.3 Å². The van der Waals surface area contributed by atoms with Crippen LogP contribution < -0.4 is 0 Å². The zero-order valence-electron chi connectivity index (χ0n) is 8.60. The van der Waals surface area contributed by atoms with Crippen LogP contribution in [0.3, 0.4) is 0 Å². The van der Waals surface area contributed by atoms with Gasteiger partial charge in [-0.1, -0.05) is 6.07 Å². The number of rotatable bonds is 0. The fraction of sp³-hybridized carbons (Fsp3) is 0.182. The Morgan fingerprint density at radius 2 is 1.56 bits per heavy atom. The van der Waals surface area contributed by atoms with Crippen LogP contribution in [0, 0.1) is 0 Å². The van der Waals surface area contributed by atoms with Gasteiger partial charge >= 0.3 is 12.4 Å². The summed E-state index contributed by atoms with van der Waals surface area (Å²) < 4.78 is 75.5. The molecule has 0 aliphatic heterocycles. The molecule has 0 unspecified atom stereocenters. The first-order chi connectivity index (χ1) is 8.19. The van der Waals surface area contributed by atoms with Crippen LogP contribution in [0.15, 0.2) is 30.5 Å². The minimum absolute atomic E-state index is 0.101. The third-order valence-corrected chi connectivity index (χ3v) is 2.35. The van der Waals surface area contributed by atoms with Crippen molar-refractivity contribution in [2.24, 2.45) is 0 Å². The molecule has 18 heavy (non-hydrogen) atoms. The monoisotopic (exact) mass is 265 g/mol. The molecule has 0 atom stereocenters. The van der Waals surface area contributed by atoms with Gasteiger partial charge < -0.3 is 0 Å². The van der Waals surface area contributed by atoms with Gasteiger partial charge in [-0.15, -0.1) is 0 Å². The van der Waals surface area contributed by atoms with Crippen molar-refractivity contribution >= 4 is 10.9 Å². The van der Waals surface area contributed by atoms with E-state index in [0.29, 0.717) is 6.07 Å². The summed E-state index contributed by atoms with van der Waals surface area (Å²) >= 11 is 0. The smallest absolute Gasteiger partial charge is 0.256 e. The highest BCUT2D eigenvalue weighted by atomic mass is 19.4. The molecule has 1 aromatic carbocycles. The van der Waals surface area contributed by atoms with Gasteiger partial charge in [0.2, 0.25) is 0 Å². The lowest BCUT2D eigenvalue weighted by atomic mass is 10.0. The van der Waals surface area contributed by atoms with Crippen molar-refractivity contribution in [3.05, 3.63) is 41.6 Å². The molecule has 96 valence electrons. The molecular formula is C11H5F6N. The molecule has 0 N–H and O–H groups in total. The highest BCUT2D eigenvalue weighted by molar-refractivity contribution is 5.83. The molecule has 2 aromatic rings. The molecule has 1 heterocycles. The zero-order valence-corrected chi connectivity index (χ0v) is 8.60. The SMILES string of the molecule is FC(F)(F)c1cc(C(F)(F)F)c2cccnc2c1. The molecular weight excluding hydrogens is 260 g/mol. The van der Waals surface area contributed by atoms with E-state index in [-0.39, 0.29) is 17.0 Å². The number of alkyl halides is 6. The van der Waals surface area contributed by atoms with E-state index >= 15 is 0 Å². The number of hydrogen-bond acceptors (Lipinski definition) is 1. The van der Waals surface area contributed by atoms with Gasteiger partial charge in [-0.05, 0) is 18.2 Å². The molecule has 0 bridgehead atoms. The Labute approximate surface area is 97.1 Å². The number of hydrogen-bond donors (Lipinski definition) is 0. The summed E-state index contributed by atoms with van der Waals surface area (Å²) in [4.78, 5) is 3.53. The summed E-state index contributed by atoms with van der Waals surface area (Å²) in [5.74, 6) is 0. The number of aromatic nitrogens is 1. The van der Waals surface area contributed by atoms with E-state index < -0.39 is 23.5 Å². The Hall–Kier alpha value is -1.79. The van der Waals surface area contributed by atoms with Crippen molar-refractivity contribution in [2.45, 2.75) is 12.4 Å². The standard InChI is InChI=1S/C11H5F6N/c12-10(13,14)6-4-8(11(15,16)17)7-2-1-3-18-9(7)5-6/h1-5H. The summed E-state index contributed by atoms with van der Waals surface area (Å²) in [7, 11) is 0. The maximum Gasteiger partial charge on any atom is 0.417 e. The van der Waals surface area contributed by atoms with Crippen molar-refractivity contribution in [3.8, 4) is 0 Å². The lowest BCUT2D eigenvalue weighted by molar-refractivity contribution is -0.142.